The molecule has 1 fully saturated rings. The second-order valence-electron chi connectivity index (χ2n) is 5.29. The summed E-state index contributed by atoms with van der Waals surface area (Å²) < 4.78 is 7.89. The Bertz CT molecular complexity index is 445. The van der Waals surface area contributed by atoms with Crippen LogP contribution in [0.25, 0.3) is 0 Å². The Labute approximate surface area is 121 Å². The molecule has 0 saturated heterocycles. The average Bonchev–Trinajstić information content (AvgIpc) is 2.71. The molecule has 19 heavy (non-hydrogen) atoms. The zero-order valence-electron chi connectivity index (χ0n) is 11.6. The van der Waals surface area contributed by atoms with Crippen LogP contribution in [0.1, 0.15) is 50.0 Å². The normalized spacial score (nSPS) is 27.5. The Morgan fingerprint density at radius 2 is 2.16 bits per heavy atom. The van der Waals surface area contributed by atoms with Crippen LogP contribution in [-0.4, -0.2) is 33.0 Å². The molecule has 0 N–H and O–H groups in total. The number of ketones is 1. The number of rotatable bonds is 4. The van der Waals surface area contributed by atoms with Gasteiger partial charge in [0, 0.05) is 13.7 Å². The average molecular weight is 330 g/mol. The summed E-state index contributed by atoms with van der Waals surface area (Å²) >= 11 is 3.30. The predicted octanol–water partition coefficient (Wildman–Crippen LogP) is 2.75. The number of nitrogens with zero attached hydrogens (tertiary/aromatic N) is 3. The minimum atomic E-state index is -0.695. The van der Waals surface area contributed by atoms with E-state index in [0.29, 0.717) is 22.8 Å². The summed E-state index contributed by atoms with van der Waals surface area (Å²) in [5.74, 6) is 0.662. The molecule has 1 aromatic rings. The minimum Gasteiger partial charge on any atom is -0.367 e. The highest BCUT2D eigenvalue weighted by Gasteiger charge is 2.44. The van der Waals surface area contributed by atoms with Crippen LogP contribution in [-0.2, 0) is 11.8 Å². The number of halogens is 1. The second-order valence-corrected chi connectivity index (χ2v) is 6.04. The largest absolute Gasteiger partial charge is 0.367 e. The number of Topliss-reactive ketones (excluding diaryl/α,β-unsaturated/α-hetero) is 1. The third-order valence-corrected chi connectivity index (χ3v) is 4.45. The molecule has 0 unspecified atom stereocenters. The topological polar surface area (TPSA) is 57.0 Å². The van der Waals surface area contributed by atoms with E-state index in [1.54, 1.807) is 7.05 Å². The van der Waals surface area contributed by atoms with Gasteiger partial charge in [0.15, 0.2) is 4.60 Å². The van der Waals surface area contributed by atoms with Gasteiger partial charge in [0.2, 0.25) is 5.78 Å². The molecule has 0 atom stereocenters. The van der Waals surface area contributed by atoms with E-state index in [9.17, 15) is 4.79 Å². The van der Waals surface area contributed by atoms with Crippen molar-refractivity contribution in [3.8, 4) is 0 Å². The van der Waals surface area contributed by atoms with Crippen molar-refractivity contribution in [2.45, 2.75) is 45.1 Å². The Morgan fingerprint density at radius 1 is 1.53 bits per heavy atom. The maximum absolute atomic E-state index is 12.9. The van der Waals surface area contributed by atoms with Gasteiger partial charge in [-0.1, -0.05) is 12.1 Å². The fourth-order valence-electron chi connectivity index (χ4n) is 2.73. The van der Waals surface area contributed by atoms with Crippen LogP contribution in [0, 0.1) is 5.92 Å². The van der Waals surface area contributed by atoms with E-state index in [-0.39, 0.29) is 5.78 Å². The van der Waals surface area contributed by atoms with Gasteiger partial charge in [0.1, 0.15) is 11.3 Å². The minimum absolute atomic E-state index is 0.000579. The van der Waals surface area contributed by atoms with Crippen molar-refractivity contribution < 1.29 is 9.53 Å². The van der Waals surface area contributed by atoms with E-state index in [1.165, 1.54) is 4.68 Å². The summed E-state index contributed by atoms with van der Waals surface area (Å²) in [4.78, 5) is 12.9. The number of hydrogen-bond acceptors (Lipinski definition) is 4. The monoisotopic (exact) mass is 329 g/mol. The van der Waals surface area contributed by atoms with E-state index in [4.69, 9.17) is 4.74 Å². The number of carbonyl (C=O) groups is 1. The summed E-state index contributed by atoms with van der Waals surface area (Å²) in [5, 5.41) is 7.77. The third kappa shape index (κ3) is 2.74. The standard InChI is InChI=1S/C13H20BrN3O2/c1-4-19-13(7-5-9(2)6-8-13)11(18)10-12(14)15-16-17(10)3/h9H,4-8H2,1-3H3. The van der Waals surface area contributed by atoms with E-state index in [0.717, 1.165) is 25.7 Å². The number of aryl methyl sites for hydroxylation is 1. The van der Waals surface area contributed by atoms with Crippen molar-refractivity contribution in [2.75, 3.05) is 6.61 Å². The Balaban J connectivity index is 2.32. The maximum atomic E-state index is 12.9. The molecular formula is C13H20BrN3O2. The van der Waals surface area contributed by atoms with Crippen LogP contribution >= 0.6 is 15.9 Å². The smallest absolute Gasteiger partial charge is 0.215 e. The van der Waals surface area contributed by atoms with Crippen LogP contribution in [0.15, 0.2) is 4.60 Å². The van der Waals surface area contributed by atoms with Gasteiger partial charge >= 0.3 is 0 Å². The maximum Gasteiger partial charge on any atom is 0.215 e. The third-order valence-electron chi connectivity index (χ3n) is 3.92. The molecule has 0 spiro atoms. The fourth-order valence-corrected chi connectivity index (χ4v) is 3.24. The molecule has 0 aliphatic heterocycles. The first-order valence-electron chi connectivity index (χ1n) is 6.74. The molecule has 0 bridgehead atoms. The highest BCUT2D eigenvalue weighted by atomic mass is 79.9. The molecule has 1 aliphatic rings. The fraction of sp³-hybridized carbons (Fsp3) is 0.769. The molecule has 1 aromatic heterocycles. The molecule has 1 aliphatic carbocycles. The van der Waals surface area contributed by atoms with E-state index in [1.807, 2.05) is 6.92 Å². The van der Waals surface area contributed by atoms with Gasteiger partial charge in [-0.2, -0.15) is 0 Å². The molecule has 0 radical (unpaired) electrons. The second kappa shape index (κ2) is 5.71. The first-order chi connectivity index (χ1) is 9.00. The summed E-state index contributed by atoms with van der Waals surface area (Å²) in [6, 6.07) is 0. The van der Waals surface area contributed by atoms with Crippen molar-refractivity contribution in [3.63, 3.8) is 0 Å². The van der Waals surface area contributed by atoms with Gasteiger partial charge in [-0.25, -0.2) is 4.68 Å². The van der Waals surface area contributed by atoms with Crippen LogP contribution in [0.4, 0.5) is 0 Å². The lowest BCUT2D eigenvalue weighted by Gasteiger charge is -2.37. The van der Waals surface area contributed by atoms with Gasteiger partial charge in [0.05, 0.1) is 0 Å². The number of aromatic nitrogens is 3. The van der Waals surface area contributed by atoms with Crippen molar-refractivity contribution in [1.82, 2.24) is 15.0 Å². The highest BCUT2D eigenvalue weighted by molar-refractivity contribution is 9.10. The van der Waals surface area contributed by atoms with E-state index in [2.05, 4.69) is 33.2 Å². The Morgan fingerprint density at radius 3 is 2.63 bits per heavy atom. The lowest BCUT2D eigenvalue weighted by atomic mass is 9.76. The van der Waals surface area contributed by atoms with Crippen molar-refractivity contribution in [3.05, 3.63) is 10.3 Å². The SMILES string of the molecule is CCOC1(C(=O)c2c(Br)nnn2C)CCC(C)CC1. The van der Waals surface area contributed by atoms with E-state index < -0.39 is 5.60 Å². The molecule has 6 heteroatoms. The quantitative estimate of drug-likeness (QED) is 0.797. The van der Waals surface area contributed by atoms with Gasteiger partial charge in [-0.05, 0) is 54.5 Å². The van der Waals surface area contributed by atoms with Gasteiger partial charge < -0.3 is 4.74 Å². The molecular weight excluding hydrogens is 310 g/mol. The van der Waals surface area contributed by atoms with Crippen LogP contribution in [0.5, 0.6) is 0 Å². The van der Waals surface area contributed by atoms with Gasteiger partial charge in [-0.3, -0.25) is 4.79 Å². The first kappa shape index (κ1) is 14.7. The van der Waals surface area contributed by atoms with Crippen LogP contribution < -0.4 is 0 Å². The van der Waals surface area contributed by atoms with Crippen molar-refractivity contribution >= 4 is 21.7 Å². The van der Waals surface area contributed by atoms with Crippen molar-refractivity contribution in [1.29, 1.82) is 0 Å². The summed E-state index contributed by atoms with van der Waals surface area (Å²) in [6.45, 7) is 4.70. The molecule has 1 saturated carbocycles. The number of hydrogen-bond donors (Lipinski definition) is 0. The van der Waals surface area contributed by atoms with Gasteiger partial charge in [-0.15, -0.1) is 5.10 Å². The predicted molar refractivity (Wildman–Crippen MR) is 75.0 cm³/mol. The molecule has 2 rings (SSSR count). The number of carbonyl (C=O) groups excluding carboxylic acids is 1. The zero-order valence-corrected chi connectivity index (χ0v) is 13.2. The van der Waals surface area contributed by atoms with Crippen molar-refractivity contribution in [2.24, 2.45) is 13.0 Å². The van der Waals surface area contributed by atoms with Gasteiger partial charge in [0.25, 0.3) is 0 Å². The summed E-state index contributed by atoms with van der Waals surface area (Å²) in [5.41, 5.74) is -0.192. The Hall–Kier alpha value is -0.750. The lowest BCUT2D eigenvalue weighted by molar-refractivity contribution is -0.0479. The lowest BCUT2D eigenvalue weighted by Crippen LogP contribution is -2.45. The molecule has 106 valence electrons. The highest BCUT2D eigenvalue weighted by Crippen LogP contribution is 2.38. The Kier molecular flexibility index (Phi) is 4.40. The molecule has 0 amide bonds. The van der Waals surface area contributed by atoms with Crippen LogP contribution in [0.2, 0.25) is 0 Å². The summed E-state index contributed by atoms with van der Waals surface area (Å²) in [7, 11) is 1.73. The zero-order chi connectivity index (χ0) is 14.0. The summed E-state index contributed by atoms with van der Waals surface area (Å²) in [6.07, 6.45) is 3.60. The molecule has 0 aromatic carbocycles. The van der Waals surface area contributed by atoms with E-state index >= 15 is 0 Å². The molecule has 5 nitrogen and oxygen atoms in total. The first-order valence-corrected chi connectivity index (χ1v) is 7.53. The number of ether oxygens (including phenoxy) is 1. The van der Waals surface area contributed by atoms with Crippen LogP contribution in [0.3, 0.4) is 0 Å². The molecule has 1 heterocycles.